The number of methoxy groups -OCH3 is 2. The summed E-state index contributed by atoms with van der Waals surface area (Å²) in [4.78, 5) is 27.9. The normalized spacial score (nSPS) is 12.8. The highest BCUT2D eigenvalue weighted by Crippen LogP contribution is 2.32. The van der Waals surface area contributed by atoms with Crippen molar-refractivity contribution in [3.63, 3.8) is 0 Å². The van der Waals surface area contributed by atoms with Crippen LogP contribution in [0.2, 0.25) is 0 Å². The summed E-state index contributed by atoms with van der Waals surface area (Å²) < 4.78 is 37.0. The van der Waals surface area contributed by atoms with Crippen LogP contribution in [0.15, 0.2) is 48.5 Å². The second-order valence-corrected chi connectivity index (χ2v) is 10.5. The summed E-state index contributed by atoms with van der Waals surface area (Å²) in [7, 11) is -0.915. The number of sulfonamides is 1. The van der Waals surface area contributed by atoms with E-state index in [1.165, 1.54) is 25.2 Å². The van der Waals surface area contributed by atoms with Gasteiger partial charge in [0.25, 0.3) is 0 Å². The number of hydrogen-bond acceptors (Lipinski definition) is 6. The van der Waals surface area contributed by atoms with E-state index >= 15 is 0 Å². The number of anilines is 1. The Kier molecular flexibility index (Phi) is 10.6. The zero-order valence-corrected chi connectivity index (χ0v) is 22.7. The van der Waals surface area contributed by atoms with Gasteiger partial charge < -0.3 is 19.7 Å². The Hall–Kier alpha value is -3.27. The fourth-order valence-corrected chi connectivity index (χ4v) is 4.47. The van der Waals surface area contributed by atoms with Crippen molar-refractivity contribution in [1.82, 2.24) is 10.2 Å². The van der Waals surface area contributed by atoms with Gasteiger partial charge in [0.05, 0.1) is 26.2 Å². The molecule has 0 fully saturated rings. The van der Waals surface area contributed by atoms with Crippen LogP contribution in [0.4, 0.5) is 5.69 Å². The van der Waals surface area contributed by atoms with E-state index in [0.29, 0.717) is 17.9 Å². The lowest BCUT2D eigenvalue weighted by molar-refractivity contribution is -0.139. The molecular weight excluding hydrogens is 482 g/mol. The lowest BCUT2D eigenvalue weighted by Crippen LogP contribution is -2.53. The fourth-order valence-electron chi connectivity index (χ4n) is 3.63. The zero-order valence-electron chi connectivity index (χ0n) is 21.9. The molecule has 0 saturated heterocycles. The molecule has 0 unspecified atom stereocenters. The molecule has 2 amide bonds. The number of nitrogens with zero attached hydrogens (tertiary/aromatic N) is 2. The maximum Gasteiger partial charge on any atom is 0.244 e. The molecule has 198 valence electrons. The summed E-state index contributed by atoms with van der Waals surface area (Å²) in [6, 6.07) is 13.4. The number of rotatable bonds is 13. The first-order chi connectivity index (χ1) is 17.0. The van der Waals surface area contributed by atoms with E-state index in [1.54, 1.807) is 19.1 Å². The van der Waals surface area contributed by atoms with Crippen molar-refractivity contribution < 1.29 is 27.5 Å². The smallest absolute Gasteiger partial charge is 0.244 e. The van der Waals surface area contributed by atoms with Gasteiger partial charge in [-0.15, -0.1) is 0 Å². The van der Waals surface area contributed by atoms with Gasteiger partial charge in [-0.2, -0.15) is 0 Å². The van der Waals surface area contributed by atoms with Gasteiger partial charge in [0.2, 0.25) is 21.8 Å². The lowest BCUT2D eigenvalue weighted by Gasteiger charge is -2.32. The third-order valence-electron chi connectivity index (χ3n) is 5.99. The molecule has 2 aromatic carbocycles. The molecule has 9 nitrogen and oxygen atoms in total. The number of ether oxygens (including phenoxy) is 2. The molecule has 0 spiro atoms. The number of amides is 2. The van der Waals surface area contributed by atoms with Gasteiger partial charge in [0, 0.05) is 18.7 Å². The molecule has 0 bridgehead atoms. The van der Waals surface area contributed by atoms with Gasteiger partial charge >= 0.3 is 0 Å². The Balaban J connectivity index is 2.36. The topological polar surface area (TPSA) is 105 Å². The van der Waals surface area contributed by atoms with Crippen LogP contribution in [-0.2, 0) is 26.0 Å². The average Bonchev–Trinajstić information content (AvgIpc) is 2.86. The third-order valence-corrected chi connectivity index (χ3v) is 7.13. The molecule has 0 heterocycles. The van der Waals surface area contributed by atoms with E-state index in [2.05, 4.69) is 5.32 Å². The average molecular weight is 520 g/mol. The summed E-state index contributed by atoms with van der Waals surface area (Å²) in [5.41, 5.74) is 1.26. The fraction of sp³-hybridized carbons (Fsp3) is 0.462. The number of carbonyl (C=O) groups is 2. The molecule has 0 saturated carbocycles. The second-order valence-electron chi connectivity index (χ2n) is 8.63. The molecule has 2 atom stereocenters. The molecule has 10 heteroatoms. The van der Waals surface area contributed by atoms with Crippen LogP contribution in [0, 0.1) is 0 Å². The summed E-state index contributed by atoms with van der Waals surface area (Å²) in [5.74, 6) is -0.0140. The maximum absolute atomic E-state index is 13.6. The van der Waals surface area contributed by atoms with Crippen molar-refractivity contribution in [1.29, 1.82) is 0 Å². The Labute approximate surface area is 214 Å². The molecule has 1 N–H and O–H groups in total. The Morgan fingerprint density at radius 3 is 2.19 bits per heavy atom. The minimum absolute atomic E-state index is 0.0506. The van der Waals surface area contributed by atoms with Crippen LogP contribution >= 0.6 is 0 Å². The van der Waals surface area contributed by atoms with E-state index in [4.69, 9.17) is 9.47 Å². The largest absolute Gasteiger partial charge is 0.493 e. The summed E-state index contributed by atoms with van der Waals surface area (Å²) in [6.07, 6.45) is 2.30. The monoisotopic (exact) mass is 519 g/mol. The Morgan fingerprint density at radius 1 is 1.00 bits per heavy atom. The second kappa shape index (κ2) is 13.2. The minimum Gasteiger partial charge on any atom is -0.493 e. The van der Waals surface area contributed by atoms with Gasteiger partial charge in [-0.05, 0) is 44.4 Å². The molecule has 0 radical (unpaired) electrons. The number of carbonyl (C=O) groups excluding carboxylic acids is 2. The van der Waals surface area contributed by atoms with Crippen molar-refractivity contribution in [3.05, 3.63) is 54.1 Å². The molecule has 0 aromatic heterocycles. The van der Waals surface area contributed by atoms with Crippen LogP contribution in [-0.4, -0.2) is 70.8 Å². The number of nitrogens with one attached hydrogen (secondary N) is 1. The van der Waals surface area contributed by atoms with E-state index in [-0.39, 0.29) is 24.2 Å². The molecule has 36 heavy (non-hydrogen) atoms. The van der Waals surface area contributed by atoms with Gasteiger partial charge in [0.15, 0.2) is 11.5 Å². The summed E-state index contributed by atoms with van der Waals surface area (Å²) >= 11 is 0. The highest BCUT2D eigenvalue weighted by Gasteiger charge is 2.30. The first-order valence-corrected chi connectivity index (χ1v) is 13.7. The standard InChI is InChI=1S/C26H37N3O6S/c1-7-19(2)27-26(31)20(3)28(16-15-21-11-9-8-10-12-21)25(30)18-29(36(6,32)33)22-13-14-23(34-4)24(17-22)35-5/h8-14,17,19-20H,7,15-16,18H2,1-6H3,(H,27,31)/t19-,20+/m0/s1. The van der Waals surface area contributed by atoms with E-state index in [1.807, 2.05) is 44.2 Å². The lowest BCUT2D eigenvalue weighted by atomic mass is 10.1. The first-order valence-electron chi connectivity index (χ1n) is 11.8. The van der Waals surface area contributed by atoms with Crippen molar-refractivity contribution in [2.24, 2.45) is 0 Å². The van der Waals surface area contributed by atoms with Crippen LogP contribution < -0.4 is 19.1 Å². The first kappa shape index (κ1) is 29.0. The quantitative estimate of drug-likeness (QED) is 0.436. The third kappa shape index (κ3) is 7.87. The van der Waals surface area contributed by atoms with Gasteiger partial charge in [-0.25, -0.2) is 8.42 Å². The van der Waals surface area contributed by atoms with Crippen LogP contribution in [0.3, 0.4) is 0 Å². The van der Waals surface area contributed by atoms with Gasteiger partial charge in [-0.1, -0.05) is 37.3 Å². The number of hydrogen-bond donors (Lipinski definition) is 1. The molecule has 0 aliphatic heterocycles. The van der Waals surface area contributed by atoms with Gasteiger partial charge in [0.1, 0.15) is 12.6 Å². The van der Waals surface area contributed by atoms with Crippen molar-refractivity contribution in [3.8, 4) is 11.5 Å². The van der Waals surface area contributed by atoms with Crippen molar-refractivity contribution in [2.45, 2.75) is 45.7 Å². The molecular formula is C26H37N3O6S. The van der Waals surface area contributed by atoms with Crippen LogP contribution in [0.25, 0.3) is 0 Å². The molecule has 0 aliphatic rings. The SMILES string of the molecule is CC[C@H](C)NC(=O)[C@@H](C)N(CCc1ccccc1)C(=O)CN(c1ccc(OC)c(OC)c1)S(C)(=O)=O. The summed E-state index contributed by atoms with van der Waals surface area (Å²) in [6.45, 7) is 5.29. The predicted octanol–water partition coefficient (Wildman–Crippen LogP) is 2.84. The van der Waals surface area contributed by atoms with E-state index < -0.39 is 28.5 Å². The van der Waals surface area contributed by atoms with Crippen LogP contribution in [0.5, 0.6) is 11.5 Å². The number of benzene rings is 2. The van der Waals surface area contributed by atoms with Crippen molar-refractivity contribution in [2.75, 3.05) is 37.9 Å². The van der Waals surface area contributed by atoms with E-state index in [9.17, 15) is 18.0 Å². The zero-order chi connectivity index (χ0) is 26.9. The molecule has 0 aliphatic carbocycles. The Morgan fingerprint density at radius 2 is 1.64 bits per heavy atom. The highest BCUT2D eigenvalue weighted by atomic mass is 32.2. The predicted molar refractivity (Wildman–Crippen MR) is 141 cm³/mol. The highest BCUT2D eigenvalue weighted by molar-refractivity contribution is 7.92. The Bertz CT molecular complexity index is 1120. The van der Waals surface area contributed by atoms with Crippen molar-refractivity contribution >= 4 is 27.5 Å². The minimum atomic E-state index is -3.84. The van der Waals surface area contributed by atoms with E-state index in [0.717, 1.165) is 22.5 Å². The molecule has 2 rings (SSSR count). The summed E-state index contributed by atoms with van der Waals surface area (Å²) in [5, 5.41) is 2.91. The van der Waals surface area contributed by atoms with Crippen LogP contribution in [0.1, 0.15) is 32.8 Å². The molecule has 2 aromatic rings. The maximum atomic E-state index is 13.6. The van der Waals surface area contributed by atoms with Gasteiger partial charge in [-0.3, -0.25) is 13.9 Å².